The van der Waals surface area contributed by atoms with Gasteiger partial charge in [0.1, 0.15) is 5.75 Å². The highest BCUT2D eigenvalue weighted by Gasteiger charge is 2.29. The molecule has 4 heteroatoms. The Bertz CT molecular complexity index is 415. The van der Waals surface area contributed by atoms with Crippen LogP contribution in [-0.4, -0.2) is 17.1 Å². The number of benzene rings is 1. The van der Waals surface area contributed by atoms with Crippen molar-refractivity contribution in [2.45, 2.75) is 25.8 Å². The van der Waals surface area contributed by atoms with Crippen LogP contribution >= 0.6 is 15.9 Å². The van der Waals surface area contributed by atoms with Gasteiger partial charge in [-0.15, -0.1) is 0 Å². The molecule has 1 aliphatic carbocycles. The van der Waals surface area contributed by atoms with E-state index in [-0.39, 0.29) is 17.7 Å². The van der Waals surface area contributed by atoms with E-state index >= 15 is 0 Å². The van der Waals surface area contributed by atoms with Gasteiger partial charge in [-0.2, -0.15) is 0 Å². The fourth-order valence-electron chi connectivity index (χ4n) is 1.69. The van der Waals surface area contributed by atoms with Gasteiger partial charge in [-0.1, -0.05) is 15.9 Å². The van der Waals surface area contributed by atoms with Crippen molar-refractivity contribution < 1.29 is 9.90 Å². The van der Waals surface area contributed by atoms with Gasteiger partial charge in [-0.3, -0.25) is 4.79 Å². The van der Waals surface area contributed by atoms with Crippen LogP contribution in [0.2, 0.25) is 0 Å². The summed E-state index contributed by atoms with van der Waals surface area (Å²) in [5.74, 6) is 0.417. The molecule has 1 aliphatic rings. The zero-order valence-corrected chi connectivity index (χ0v) is 10.6. The average Bonchev–Trinajstić information content (AvgIpc) is 3.04. The Morgan fingerprint density at radius 3 is 2.88 bits per heavy atom. The van der Waals surface area contributed by atoms with E-state index in [4.69, 9.17) is 0 Å². The number of hydrogen-bond acceptors (Lipinski definition) is 2. The maximum atomic E-state index is 11.9. The second kappa shape index (κ2) is 4.45. The topological polar surface area (TPSA) is 49.3 Å². The molecule has 0 aromatic heterocycles. The largest absolute Gasteiger partial charge is 0.507 e. The summed E-state index contributed by atoms with van der Waals surface area (Å²) in [7, 11) is 0. The molecule has 1 aromatic carbocycles. The maximum absolute atomic E-state index is 11.9. The molecule has 3 nitrogen and oxygen atoms in total. The standard InChI is InChI=1S/C12H14BrNO2/c1-7(8-2-3-8)14-12(16)10-6-9(13)4-5-11(10)15/h4-8,15H,2-3H2,1H3,(H,14,16). The maximum Gasteiger partial charge on any atom is 0.255 e. The average molecular weight is 284 g/mol. The summed E-state index contributed by atoms with van der Waals surface area (Å²) < 4.78 is 0.787. The molecule has 1 fully saturated rings. The lowest BCUT2D eigenvalue weighted by molar-refractivity contribution is 0.0933. The lowest BCUT2D eigenvalue weighted by Gasteiger charge is -2.13. The van der Waals surface area contributed by atoms with Crippen molar-refractivity contribution in [1.82, 2.24) is 5.32 Å². The van der Waals surface area contributed by atoms with Crippen LogP contribution < -0.4 is 5.32 Å². The molecule has 0 spiro atoms. The van der Waals surface area contributed by atoms with Crippen LogP contribution in [0, 0.1) is 5.92 Å². The Labute approximate surface area is 103 Å². The molecule has 86 valence electrons. The first kappa shape index (κ1) is 11.5. The highest BCUT2D eigenvalue weighted by atomic mass is 79.9. The number of hydrogen-bond donors (Lipinski definition) is 2. The highest BCUT2D eigenvalue weighted by Crippen LogP contribution is 2.32. The van der Waals surface area contributed by atoms with E-state index in [9.17, 15) is 9.90 Å². The van der Waals surface area contributed by atoms with Crippen molar-refractivity contribution >= 4 is 21.8 Å². The summed E-state index contributed by atoms with van der Waals surface area (Å²) in [6.07, 6.45) is 2.37. The van der Waals surface area contributed by atoms with Crippen LogP contribution in [0.5, 0.6) is 5.75 Å². The Kier molecular flexibility index (Phi) is 3.19. The molecule has 0 heterocycles. The van der Waals surface area contributed by atoms with Crippen molar-refractivity contribution in [3.05, 3.63) is 28.2 Å². The molecule has 1 atom stereocenters. The summed E-state index contributed by atoms with van der Waals surface area (Å²) in [6, 6.07) is 5.03. The molecule has 0 bridgehead atoms. The van der Waals surface area contributed by atoms with Gasteiger partial charge in [0.25, 0.3) is 5.91 Å². The van der Waals surface area contributed by atoms with Gasteiger partial charge < -0.3 is 10.4 Å². The zero-order valence-electron chi connectivity index (χ0n) is 9.03. The number of halogens is 1. The van der Waals surface area contributed by atoms with Crippen LogP contribution in [0.15, 0.2) is 22.7 Å². The van der Waals surface area contributed by atoms with E-state index in [0.717, 1.165) is 4.47 Å². The van der Waals surface area contributed by atoms with Crippen molar-refractivity contribution in [3.8, 4) is 5.75 Å². The van der Waals surface area contributed by atoms with Gasteiger partial charge in [-0.05, 0) is 43.9 Å². The number of carbonyl (C=O) groups excluding carboxylic acids is 1. The van der Waals surface area contributed by atoms with Crippen LogP contribution in [0.3, 0.4) is 0 Å². The quantitative estimate of drug-likeness (QED) is 0.896. The minimum absolute atomic E-state index is 0.0173. The highest BCUT2D eigenvalue weighted by molar-refractivity contribution is 9.10. The van der Waals surface area contributed by atoms with Gasteiger partial charge in [-0.25, -0.2) is 0 Å². The van der Waals surface area contributed by atoms with Gasteiger partial charge in [0, 0.05) is 10.5 Å². The van der Waals surface area contributed by atoms with Crippen LogP contribution in [-0.2, 0) is 0 Å². The van der Waals surface area contributed by atoms with Crippen molar-refractivity contribution in [3.63, 3.8) is 0 Å². The number of phenols is 1. The number of nitrogens with one attached hydrogen (secondary N) is 1. The monoisotopic (exact) mass is 283 g/mol. The molecule has 2 rings (SSSR count). The fraction of sp³-hybridized carbons (Fsp3) is 0.417. The fourth-order valence-corrected chi connectivity index (χ4v) is 2.05. The summed E-state index contributed by atoms with van der Waals surface area (Å²) in [6.45, 7) is 2.00. The molecule has 1 aromatic rings. The van der Waals surface area contributed by atoms with Crippen molar-refractivity contribution in [2.75, 3.05) is 0 Å². The molecule has 16 heavy (non-hydrogen) atoms. The van der Waals surface area contributed by atoms with Gasteiger partial charge in [0.2, 0.25) is 0 Å². The first-order valence-corrected chi connectivity index (χ1v) is 6.16. The van der Waals surface area contributed by atoms with Crippen molar-refractivity contribution in [1.29, 1.82) is 0 Å². The summed E-state index contributed by atoms with van der Waals surface area (Å²) in [4.78, 5) is 11.9. The number of amides is 1. The molecule has 0 aliphatic heterocycles. The molecule has 0 radical (unpaired) electrons. The second-order valence-electron chi connectivity index (χ2n) is 4.26. The number of phenolic OH excluding ortho intramolecular Hbond substituents is 1. The first-order valence-electron chi connectivity index (χ1n) is 5.37. The molecular weight excluding hydrogens is 270 g/mol. The Morgan fingerprint density at radius 2 is 2.25 bits per heavy atom. The summed E-state index contributed by atoms with van der Waals surface area (Å²) >= 11 is 3.28. The normalized spacial score (nSPS) is 16.9. The Balaban J connectivity index is 2.10. The van der Waals surface area contributed by atoms with Gasteiger partial charge >= 0.3 is 0 Å². The van der Waals surface area contributed by atoms with E-state index in [1.807, 2.05) is 6.92 Å². The third-order valence-corrected chi connectivity index (χ3v) is 3.38. The van der Waals surface area contributed by atoms with E-state index in [0.29, 0.717) is 11.5 Å². The lowest BCUT2D eigenvalue weighted by atomic mass is 10.1. The van der Waals surface area contributed by atoms with E-state index < -0.39 is 0 Å². The minimum Gasteiger partial charge on any atom is -0.507 e. The Morgan fingerprint density at radius 1 is 1.56 bits per heavy atom. The minimum atomic E-state index is -0.210. The van der Waals surface area contributed by atoms with Gasteiger partial charge in [0.15, 0.2) is 0 Å². The lowest BCUT2D eigenvalue weighted by Crippen LogP contribution is -2.34. The summed E-state index contributed by atoms with van der Waals surface area (Å²) in [5.41, 5.74) is 0.321. The van der Waals surface area contributed by atoms with E-state index in [2.05, 4.69) is 21.2 Å². The van der Waals surface area contributed by atoms with Gasteiger partial charge in [0.05, 0.1) is 5.56 Å². The third kappa shape index (κ3) is 2.55. The summed E-state index contributed by atoms with van der Waals surface area (Å²) in [5, 5.41) is 12.5. The molecule has 0 saturated heterocycles. The number of carbonyl (C=O) groups is 1. The molecule has 1 amide bonds. The SMILES string of the molecule is CC(NC(=O)c1cc(Br)ccc1O)C1CC1. The van der Waals surface area contributed by atoms with Crippen LogP contribution in [0.4, 0.5) is 0 Å². The molecule has 1 unspecified atom stereocenters. The number of aromatic hydroxyl groups is 1. The van der Waals surface area contributed by atoms with Crippen molar-refractivity contribution in [2.24, 2.45) is 5.92 Å². The predicted molar refractivity (Wildman–Crippen MR) is 65.5 cm³/mol. The third-order valence-electron chi connectivity index (χ3n) is 2.89. The molecule has 1 saturated carbocycles. The Hall–Kier alpha value is -1.03. The van der Waals surface area contributed by atoms with E-state index in [1.54, 1.807) is 12.1 Å². The predicted octanol–water partition coefficient (Wildman–Crippen LogP) is 2.68. The smallest absolute Gasteiger partial charge is 0.255 e. The molecule has 2 N–H and O–H groups in total. The van der Waals surface area contributed by atoms with Crippen LogP contribution in [0.25, 0.3) is 0 Å². The second-order valence-corrected chi connectivity index (χ2v) is 5.18. The number of rotatable bonds is 3. The van der Waals surface area contributed by atoms with E-state index in [1.165, 1.54) is 18.9 Å². The molecular formula is C12H14BrNO2. The first-order chi connectivity index (χ1) is 7.58. The van der Waals surface area contributed by atoms with Crippen LogP contribution in [0.1, 0.15) is 30.1 Å². The zero-order chi connectivity index (χ0) is 11.7.